The molecule has 1 amide bonds. The molecule has 0 spiro atoms. The fourth-order valence-electron chi connectivity index (χ4n) is 1.40. The number of hydrogen-bond donors (Lipinski definition) is 2. The first-order valence-electron chi connectivity index (χ1n) is 3.95. The van der Waals surface area contributed by atoms with E-state index < -0.39 is 0 Å². The Labute approximate surface area is 66.7 Å². The third kappa shape index (κ3) is 2.17. The number of carbonyl (C=O) groups excluding carboxylic acids is 1. The molecule has 0 aromatic rings. The van der Waals surface area contributed by atoms with E-state index in [2.05, 4.69) is 5.43 Å². The van der Waals surface area contributed by atoms with Crippen LogP contribution >= 0.6 is 0 Å². The second-order valence-electron chi connectivity index (χ2n) is 2.97. The van der Waals surface area contributed by atoms with Gasteiger partial charge < -0.3 is 4.90 Å². The van der Waals surface area contributed by atoms with E-state index >= 15 is 0 Å². The second-order valence-corrected chi connectivity index (χ2v) is 2.97. The Morgan fingerprint density at radius 1 is 1.73 bits per heavy atom. The summed E-state index contributed by atoms with van der Waals surface area (Å²) in [6, 6.07) is 0.285. The summed E-state index contributed by atoms with van der Waals surface area (Å²) in [5.74, 6) is 5.42. The summed E-state index contributed by atoms with van der Waals surface area (Å²) in [6.45, 7) is 3.23. The van der Waals surface area contributed by atoms with Crippen molar-refractivity contribution in [2.45, 2.75) is 25.8 Å². The lowest BCUT2D eigenvalue weighted by atomic mass is 10.1. The summed E-state index contributed by atoms with van der Waals surface area (Å²) >= 11 is 0. The van der Waals surface area contributed by atoms with Crippen molar-refractivity contribution in [3.63, 3.8) is 0 Å². The van der Waals surface area contributed by atoms with Gasteiger partial charge in [0.05, 0.1) is 0 Å². The fraction of sp³-hybridized carbons (Fsp3) is 0.857. The molecule has 1 aliphatic rings. The maximum Gasteiger partial charge on any atom is 0.219 e. The van der Waals surface area contributed by atoms with Crippen molar-refractivity contribution in [3.8, 4) is 0 Å². The molecule has 0 bridgehead atoms. The molecule has 1 unspecified atom stereocenters. The minimum Gasteiger partial charge on any atom is -0.341 e. The number of nitrogens with two attached hydrogens (primary N) is 1. The summed E-state index contributed by atoms with van der Waals surface area (Å²) in [5, 5.41) is 0. The molecule has 11 heavy (non-hydrogen) atoms. The Morgan fingerprint density at radius 2 is 2.45 bits per heavy atom. The highest BCUT2D eigenvalue weighted by molar-refractivity contribution is 5.73. The molecule has 4 heteroatoms. The number of nitrogens with one attached hydrogen (secondary N) is 1. The van der Waals surface area contributed by atoms with Crippen molar-refractivity contribution in [3.05, 3.63) is 0 Å². The Balaban J connectivity index is 2.39. The van der Waals surface area contributed by atoms with Crippen LogP contribution in [0.1, 0.15) is 19.8 Å². The van der Waals surface area contributed by atoms with Gasteiger partial charge in [0.2, 0.25) is 5.91 Å². The molecule has 3 N–H and O–H groups in total. The van der Waals surface area contributed by atoms with Crippen molar-refractivity contribution in [2.75, 3.05) is 13.1 Å². The zero-order chi connectivity index (χ0) is 8.27. The Bertz CT molecular complexity index is 149. The lowest BCUT2D eigenvalue weighted by Crippen LogP contribution is -2.49. The summed E-state index contributed by atoms with van der Waals surface area (Å²) in [7, 11) is 0. The number of nitrogens with zero attached hydrogens (tertiary/aromatic N) is 1. The van der Waals surface area contributed by atoms with Crippen molar-refractivity contribution < 1.29 is 4.79 Å². The largest absolute Gasteiger partial charge is 0.341 e. The summed E-state index contributed by atoms with van der Waals surface area (Å²) in [6.07, 6.45) is 2.12. The van der Waals surface area contributed by atoms with Gasteiger partial charge in [-0.25, -0.2) is 0 Å². The first kappa shape index (κ1) is 8.49. The van der Waals surface area contributed by atoms with Crippen molar-refractivity contribution in [1.29, 1.82) is 0 Å². The molecule has 1 saturated heterocycles. The number of amides is 1. The highest BCUT2D eigenvalue weighted by atomic mass is 16.2. The van der Waals surface area contributed by atoms with E-state index in [4.69, 9.17) is 5.84 Å². The van der Waals surface area contributed by atoms with E-state index in [1.54, 1.807) is 6.92 Å². The second kappa shape index (κ2) is 3.69. The molecule has 1 aliphatic heterocycles. The summed E-state index contributed by atoms with van der Waals surface area (Å²) < 4.78 is 0. The average Bonchev–Trinajstić information content (AvgIpc) is 2.05. The van der Waals surface area contributed by atoms with Crippen LogP contribution in [0.3, 0.4) is 0 Å². The molecule has 0 aromatic heterocycles. The molecule has 64 valence electrons. The molecular formula is C7H15N3O. The third-order valence-electron chi connectivity index (χ3n) is 2.10. The highest BCUT2D eigenvalue weighted by Crippen LogP contribution is 2.08. The van der Waals surface area contributed by atoms with Crippen LogP contribution < -0.4 is 11.3 Å². The van der Waals surface area contributed by atoms with Crippen LogP contribution in [0.25, 0.3) is 0 Å². The number of likely N-dealkylation sites (tertiary alicyclic amines) is 1. The van der Waals surface area contributed by atoms with E-state index in [1.807, 2.05) is 4.90 Å². The topological polar surface area (TPSA) is 58.4 Å². The van der Waals surface area contributed by atoms with Gasteiger partial charge >= 0.3 is 0 Å². The molecule has 1 rings (SSSR count). The Hall–Kier alpha value is -0.610. The molecule has 1 atom stereocenters. The smallest absolute Gasteiger partial charge is 0.219 e. The Morgan fingerprint density at radius 3 is 3.00 bits per heavy atom. The van der Waals surface area contributed by atoms with Crippen LogP contribution in [0.2, 0.25) is 0 Å². The average molecular weight is 157 g/mol. The quantitative estimate of drug-likeness (QED) is 0.397. The first-order chi connectivity index (χ1) is 5.24. The lowest BCUT2D eigenvalue weighted by molar-refractivity contribution is -0.130. The maximum atomic E-state index is 10.9. The van der Waals surface area contributed by atoms with Gasteiger partial charge in [-0.3, -0.25) is 16.1 Å². The molecule has 1 fully saturated rings. The predicted octanol–water partition coefficient (Wildman–Crippen LogP) is -0.539. The number of piperidine rings is 1. The van der Waals surface area contributed by atoms with Crippen LogP contribution in [0.5, 0.6) is 0 Å². The summed E-state index contributed by atoms with van der Waals surface area (Å²) in [4.78, 5) is 12.7. The molecule has 0 aromatic carbocycles. The first-order valence-corrected chi connectivity index (χ1v) is 3.95. The SMILES string of the molecule is CC(=O)N1CCCC(NN)C1. The predicted molar refractivity (Wildman–Crippen MR) is 42.6 cm³/mol. The number of rotatable bonds is 1. The van der Waals surface area contributed by atoms with Gasteiger partial charge in [0, 0.05) is 26.1 Å². The van der Waals surface area contributed by atoms with E-state index in [-0.39, 0.29) is 11.9 Å². The van der Waals surface area contributed by atoms with E-state index in [1.165, 1.54) is 0 Å². The molecule has 0 saturated carbocycles. The van der Waals surface area contributed by atoms with E-state index in [0.29, 0.717) is 0 Å². The Kier molecular flexibility index (Phi) is 2.84. The molecule has 0 radical (unpaired) electrons. The van der Waals surface area contributed by atoms with Crippen LogP contribution in [0.4, 0.5) is 0 Å². The van der Waals surface area contributed by atoms with E-state index in [0.717, 1.165) is 25.9 Å². The number of hydrazine groups is 1. The molecular weight excluding hydrogens is 142 g/mol. The minimum absolute atomic E-state index is 0.143. The standard InChI is InChI=1S/C7H15N3O/c1-6(11)10-4-2-3-7(5-10)9-8/h7,9H,2-5,8H2,1H3. The number of carbonyl (C=O) groups is 1. The molecule has 0 aliphatic carbocycles. The van der Waals surface area contributed by atoms with Gasteiger partial charge in [-0.05, 0) is 12.8 Å². The fourth-order valence-corrected chi connectivity index (χ4v) is 1.40. The van der Waals surface area contributed by atoms with Crippen molar-refractivity contribution in [2.24, 2.45) is 5.84 Å². The van der Waals surface area contributed by atoms with Crippen LogP contribution in [0, 0.1) is 0 Å². The number of hydrogen-bond acceptors (Lipinski definition) is 3. The summed E-state index contributed by atoms with van der Waals surface area (Å²) in [5.41, 5.74) is 2.69. The van der Waals surface area contributed by atoms with E-state index in [9.17, 15) is 4.79 Å². The van der Waals surface area contributed by atoms with Crippen molar-refractivity contribution in [1.82, 2.24) is 10.3 Å². The van der Waals surface area contributed by atoms with Crippen LogP contribution in [-0.4, -0.2) is 29.9 Å². The van der Waals surface area contributed by atoms with Crippen LogP contribution in [0.15, 0.2) is 0 Å². The van der Waals surface area contributed by atoms with Gasteiger partial charge in [0.25, 0.3) is 0 Å². The highest BCUT2D eigenvalue weighted by Gasteiger charge is 2.19. The molecule has 4 nitrogen and oxygen atoms in total. The van der Waals surface area contributed by atoms with Crippen LogP contribution in [-0.2, 0) is 4.79 Å². The zero-order valence-corrected chi connectivity index (χ0v) is 6.84. The third-order valence-corrected chi connectivity index (χ3v) is 2.10. The van der Waals surface area contributed by atoms with Gasteiger partial charge in [-0.1, -0.05) is 0 Å². The van der Waals surface area contributed by atoms with Gasteiger partial charge in [-0.2, -0.15) is 0 Å². The van der Waals surface area contributed by atoms with Crippen molar-refractivity contribution >= 4 is 5.91 Å². The minimum atomic E-state index is 0.143. The zero-order valence-electron chi connectivity index (χ0n) is 6.84. The van der Waals surface area contributed by atoms with Gasteiger partial charge in [-0.15, -0.1) is 0 Å². The van der Waals surface area contributed by atoms with Gasteiger partial charge in [0.1, 0.15) is 0 Å². The normalized spacial score (nSPS) is 25.3. The lowest BCUT2D eigenvalue weighted by Gasteiger charge is -2.31. The maximum absolute atomic E-state index is 10.9. The van der Waals surface area contributed by atoms with Gasteiger partial charge in [0.15, 0.2) is 0 Å². The monoisotopic (exact) mass is 157 g/mol. The molecule has 1 heterocycles.